The van der Waals surface area contributed by atoms with E-state index >= 15 is 0 Å². The maximum absolute atomic E-state index is 8.89. The Labute approximate surface area is 58.6 Å². The van der Waals surface area contributed by atoms with Gasteiger partial charge in [0.25, 0.3) is 0 Å². The Morgan fingerprint density at radius 2 is 1.67 bits per heavy atom. The minimum absolute atomic E-state index is 0. The monoisotopic (exact) mass is 99.0 g/mol. The van der Waals surface area contributed by atoms with Crippen LogP contribution in [0.4, 0.5) is 0 Å². The Bertz CT molecular complexity index is 34.5. The zero-order valence-corrected chi connectivity index (χ0v) is 5.77. The molecular weight excluding hydrogens is 93.0 g/mol. The summed E-state index contributed by atoms with van der Waals surface area (Å²) >= 11 is 0. The maximum Gasteiger partial charge on any atom is 1.00 e. The molecule has 0 aliphatic rings. The van der Waals surface area contributed by atoms with Crippen molar-refractivity contribution in [2.45, 2.75) is 0 Å². The summed E-state index contributed by atoms with van der Waals surface area (Å²) in [5, 5.41) is 7.31. The maximum atomic E-state index is 8.89. The third-order valence-electron chi connectivity index (χ3n) is 0. The van der Waals surface area contributed by atoms with Crippen LogP contribution in [0, 0.1) is 6.92 Å². The molecule has 0 spiro atoms. The average molecular weight is 99.1 g/mol. The third-order valence-corrected chi connectivity index (χ3v) is 0. The molecule has 0 aliphatic heterocycles. The standard InChI is InChI=1S/C2H3O2.H3N.Na/c1-2(3)4;;/h1H2,(H,3,4);1H3;/q-1;;+1. The van der Waals surface area contributed by atoms with E-state index in [2.05, 4.69) is 6.92 Å². The average Bonchev–Trinajstić information content (AvgIpc) is 0.811. The van der Waals surface area contributed by atoms with Gasteiger partial charge in [0.1, 0.15) is 0 Å². The zero-order chi connectivity index (χ0) is 3.58. The molecule has 4 N–H and O–H groups in total. The molecule has 0 fully saturated rings. The molecule has 0 aliphatic carbocycles. The van der Waals surface area contributed by atoms with Crippen LogP contribution in [-0.2, 0) is 4.79 Å². The molecule has 0 bridgehead atoms. The molecule has 0 saturated heterocycles. The van der Waals surface area contributed by atoms with Gasteiger partial charge >= 0.3 is 29.6 Å². The molecule has 0 aromatic carbocycles. The summed E-state index contributed by atoms with van der Waals surface area (Å²) in [6.07, 6.45) is 0. The van der Waals surface area contributed by atoms with Crippen LogP contribution in [-0.4, -0.2) is 11.1 Å². The van der Waals surface area contributed by atoms with Crippen LogP contribution in [0.25, 0.3) is 0 Å². The van der Waals surface area contributed by atoms with Gasteiger partial charge in [0.05, 0.1) is 0 Å². The van der Waals surface area contributed by atoms with E-state index < -0.39 is 5.97 Å². The van der Waals surface area contributed by atoms with Crippen molar-refractivity contribution in [2.24, 2.45) is 0 Å². The number of rotatable bonds is 0. The Morgan fingerprint density at radius 1 is 1.67 bits per heavy atom. The molecule has 0 aromatic heterocycles. The summed E-state index contributed by atoms with van der Waals surface area (Å²) < 4.78 is 0. The van der Waals surface area contributed by atoms with Gasteiger partial charge < -0.3 is 11.3 Å². The van der Waals surface area contributed by atoms with Crippen molar-refractivity contribution in [2.75, 3.05) is 0 Å². The summed E-state index contributed by atoms with van der Waals surface area (Å²) in [7, 11) is 0. The van der Waals surface area contributed by atoms with E-state index in [1.807, 2.05) is 0 Å². The fraction of sp³-hybridized carbons (Fsp3) is 0. The normalized spacial score (nSPS) is 4.00. The first-order valence-corrected chi connectivity index (χ1v) is 0.781. The first-order chi connectivity index (χ1) is 1.73. The second kappa shape index (κ2) is 9.00. The van der Waals surface area contributed by atoms with E-state index in [1.165, 1.54) is 0 Å². The number of carboxylic acid groups (broad SMARTS) is 1. The van der Waals surface area contributed by atoms with Crippen LogP contribution in [0.5, 0.6) is 0 Å². The molecule has 0 heterocycles. The first kappa shape index (κ1) is 16.3. The zero-order valence-electron chi connectivity index (χ0n) is 3.77. The number of aliphatic carboxylic acids is 1. The number of carbonyl (C=O) groups is 1. The van der Waals surface area contributed by atoms with Crippen LogP contribution in [0.15, 0.2) is 0 Å². The molecule has 32 valence electrons. The van der Waals surface area contributed by atoms with Crippen molar-refractivity contribution in [3.8, 4) is 0 Å². The van der Waals surface area contributed by atoms with E-state index in [4.69, 9.17) is 9.90 Å². The van der Waals surface area contributed by atoms with E-state index in [-0.39, 0.29) is 35.7 Å². The third kappa shape index (κ3) is 520. The van der Waals surface area contributed by atoms with Crippen LogP contribution in [0.3, 0.4) is 0 Å². The van der Waals surface area contributed by atoms with E-state index in [0.717, 1.165) is 0 Å². The molecular formula is C2H6NNaO2. The van der Waals surface area contributed by atoms with E-state index in [0.29, 0.717) is 0 Å². The van der Waals surface area contributed by atoms with Crippen molar-refractivity contribution in [3.05, 3.63) is 6.92 Å². The molecule has 0 amide bonds. The summed E-state index contributed by atoms with van der Waals surface area (Å²) in [5.41, 5.74) is 0. The Hall–Kier alpha value is 0.300. The topological polar surface area (TPSA) is 72.3 Å². The molecule has 0 saturated carbocycles. The minimum Gasteiger partial charge on any atom is -0.503 e. The smallest absolute Gasteiger partial charge is 0.503 e. The fourth-order valence-corrected chi connectivity index (χ4v) is 0. The van der Waals surface area contributed by atoms with Crippen LogP contribution >= 0.6 is 0 Å². The van der Waals surface area contributed by atoms with Crippen LogP contribution in [0.2, 0.25) is 0 Å². The Kier molecular flexibility index (Phi) is 24.4. The summed E-state index contributed by atoms with van der Waals surface area (Å²) in [6.45, 7) is 2.56. The van der Waals surface area contributed by atoms with Crippen molar-refractivity contribution < 1.29 is 39.5 Å². The number of carboxylic acids is 1. The van der Waals surface area contributed by atoms with Gasteiger partial charge in [0.2, 0.25) is 0 Å². The Morgan fingerprint density at radius 3 is 1.67 bits per heavy atom. The second-order valence-electron chi connectivity index (χ2n) is 0.394. The van der Waals surface area contributed by atoms with Crippen molar-refractivity contribution in [3.63, 3.8) is 0 Å². The van der Waals surface area contributed by atoms with Gasteiger partial charge in [-0.1, -0.05) is 0 Å². The quantitative estimate of drug-likeness (QED) is 0.252. The predicted octanol–water partition coefficient (Wildman–Crippen LogP) is -2.93. The second-order valence-corrected chi connectivity index (χ2v) is 0.394. The van der Waals surface area contributed by atoms with E-state index in [9.17, 15) is 0 Å². The molecule has 0 aromatic rings. The van der Waals surface area contributed by atoms with Crippen molar-refractivity contribution in [1.29, 1.82) is 0 Å². The minimum atomic E-state index is -1.08. The van der Waals surface area contributed by atoms with Gasteiger partial charge in [-0.05, 0) is 0 Å². The van der Waals surface area contributed by atoms with Crippen LogP contribution in [0.1, 0.15) is 0 Å². The molecule has 3 nitrogen and oxygen atoms in total. The summed E-state index contributed by atoms with van der Waals surface area (Å²) in [5.74, 6) is -1.08. The van der Waals surface area contributed by atoms with Gasteiger partial charge in [-0.15, -0.1) is 0 Å². The summed E-state index contributed by atoms with van der Waals surface area (Å²) in [4.78, 5) is 8.89. The number of hydrogen-bond acceptors (Lipinski definition) is 2. The van der Waals surface area contributed by atoms with Gasteiger partial charge in [-0.25, -0.2) is 0 Å². The largest absolute Gasteiger partial charge is 1.00 e. The SMILES string of the molecule is N.[CH2-]C(=O)O.[Na+]. The van der Waals surface area contributed by atoms with E-state index in [1.54, 1.807) is 0 Å². The summed E-state index contributed by atoms with van der Waals surface area (Å²) in [6, 6.07) is 0. The molecule has 0 radical (unpaired) electrons. The van der Waals surface area contributed by atoms with Gasteiger partial charge in [0.15, 0.2) is 5.97 Å². The van der Waals surface area contributed by atoms with Crippen molar-refractivity contribution in [1.82, 2.24) is 6.15 Å². The molecule has 0 atom stereocenters. The fourth-order valence-electron chi connectivity index (χ4n) is 0. The van der Waals surface area contributed by atoms with Gasteiger partial charge in [0, 0.05) is 0 Å². The Balaban J connectivity index is -0.0000000450. The molecule has 4 heteroatoms. The predicted molar refractivity (Wildman–Crippen MR) is 18.0 cm³/mol. The first-order valence-electron chi connectivity index (χ1n) is 0.781. The molecule has 0 rings (SSSR count). The number of hydrogen-bond donors (Lipinski definition) is 2. The molecule has 0 unspecified atom stereocenters. The molecule has 6 heavy (non-hydrogen) atoms. The van der Waals surface area contributed by atoms with Crippen LogP contribution < -0.4 is 35.7 Å². The van der Waals surface area contributed by atoms with Gasteiger partial charge in [-0.2, -0.15) is 0 Å². The van der Waals surface area contributed by atoms with Crippen molar-refractivity contribution >= 4 is 5.97 Å². The van der Waals surface area contributed by atoms with Gasteiger partial charge in [-0.3, -0.25) is 11.7 Å².